The van der Waals surface area contributed by atoms with Crippen molar-refractivity contribution in [2.45, 2.75) is 85.0 Å². The van der Waals surface area contributed by atoms with Gasteiger partial charge in [-0.2, -0.15) is 0 Å². The normalized spacial score (nSPS) is 13.4. The van der Waals surface area contributed by atoms with Crippen LogP contribution in [0.25, 0.3) is 0 Å². The van der Waals surface area contributed by atoms with Crippen molar-refractivity contribution in [2.75, 3.05) is 0 Å². The summed E-state index contributed by atoms with van der Waals surface area (Å²) in [6, 6.07) is 0. The van der Waals surface area contributed by atoms with Gasteiger partial charge in [0.15, 0.2) is 0 Å². The van der Waals surface area contributed by atoms with Crippen LogP contribution in [0.5, 0.6) is 0 Å². The van der Waals surface area contributed by atoms with Crippen LogP contribution in [0.2, 0.25) is 0 Å². The maximum absolute atomic E-state index is 4.91. The van der Waals surface area contributed by atoms with Crippen LogP contribution in [0, 0.1) is 0 Å². The number of hydrogen-bond acceptors (Lipinski definition) is 1. The van der Waals surface area contributed by atoms with E-state index >= 15 is 0 Å². The molecule has 0 aliphatic rings. The van der Waals surface area contributed by atoms with Crippen LogP contribution in [0.4, 0.5) is 0 Å². The molecule has 0 radical (unpaired) electrons. The van der Waals surface area contributed by atoms with Gasteiger partial charge in [-0.15, -0.1) is 0 Å². The molecule has 0 atom stereocenters. The number of nitrogens with one attached hydrogen (secondary N) is 1. The lowest BCUT2D eigenvalue weighted by Crippen LogP contribution is -2.24. The van der Waals surface area contributed by atoms with Crippen LogP contribution >= 0.6 is 0 Å². The van der Waals surface area contributed by atoms with Crippen molar-refractivity contribution in [3.05, 3.63) is 17.2 Å². The standard InChI is InChI=1S/C16H30N2/c1-9-10-16(7,8)13-12(15(4,5)6)17-14(18-13)11(2)3/h11H,9-10H2,1-8H3,(H,17,18). The SMILES string of the molecule is CCCC(C)(C)c1nc(C(C)C)[nH]c1C(C)(C)C. The lowest BCUT2D eigenvalue weighted by Gasteiger charge is -2.27. The van der Waals surface area contributed by atoms with Gasteiger partial charge in [-0.3, -0.25) is 0 Å². The zero-order valence-electron chi connectivity index (χ0n) is 13.4. The minimum Gasteiger partial charge on any atom is -0.345 e. The van der Waals surface area contributed by atoms with Gasteiger partial charge in [-0.05, 0) is 6.42 Å². The number of aromatic amines is 1. The molecule has 2 heteroatoms. The van der Waals surface area contributed by atoms with Crippen molar-refractivity contribution in [1.29, 1.82) is 0 Å². The highest BCUT2D eigenvalue weighted by atomic mass is 15.0. The first-order valence-electron chi connectivity index (χ1n) is 7.20. The molecule has 0 aliphatic heterocycles. The van der Waals surface area contributed by atoms with E-state index in [2.05, 4.69) is 60.4 Å². The van der Waals surface area contributed by atoms with Crippen LogP contribution in [0.15, 0.2) is 0 Å². The molecule has 0 spiro atoms. The number of H-pyrrole nitrogens is 1. The molecule has 1 rings (SSSR count). The Bertz CT molecular complexity index is 392. The number of imidazole rings is 1. The van der Waals surface area contributed by atoms with Crippen molar-refractivity contribution < 1.29 is 0 Å². The van der Waals surface area contributed by atoms with Crippen LogP contribution in [-0.2, 0) is 10.8 Å². The molecule has 0 saturated carbocycles. The van der Waals surface area contributed by atoms with E-state index < -0.39 is 0 Å². The average molecular weight is 250 g/mol. The largest absolute Gasteiger partial charge is 0.345 e. The molecule has 0 saturated heterocycles. The van der Waals surface area contributed by atoms with Crippen LogP contribution < -0.4 is 0 Å². The van der Waals surface area contributed by atoms with E-state index in [4.69, 9.17) is 4.98 Å². The molecule has 0 aromatic carbocycles. The number of hydrogen-bond donors (Lipinski definition) is 1. The fourth-order valence-electron chi connectivity index (χ4n) is 2.44. The molecule has 0 amide bonds. The zero-order valence-corrected chi connectivity index (χ0v) is 13.4. The Balaban J connectivity index is 3.32. The highest BCUT2D eigenvalue weighted by Crippen LogP contribution is 2.36. The Morgan fingerprint density at radius 3 is 2.06 bits per heavy atom. The zero-order chi connectivity index (χ0) is 14.1. The second kappa shape index (κ2) is 5.07. The first kappa shape index (κ1) is 15.3. The van der Waals surface area contributed by atoms with Gasteiger partial charge in [0.1, 0.15) is 5.82 Å². The van der Waals surface area contributed by atoms with E-state index in [1.54, 1.807) is 0 Å². The molecule has 1 aromatic rings. The Hall–Kier alpha value is -0.790. The highest BCUT2D eigenvalue weighted by Gasteiger charge is 2.32. The van der Waals surface area contributed by atoms with Crippen molar-refractivity contribution in [3.8, 4) is 0 Å². The van der Waals surface area contributed by atoms with Crippen LogP contribution in [0.1, 0.15) is 91.4 Å². The van der Waals surface area contributed by atoms with Crippen LogP contribution in [-0.4, -0.2) is 9.97 Å². The Morgan fingerprint density at radius 1 is 1.11 bits per heavy atom. The predicted molar refractivity (Wildman–Crippen MR) is 79.3 cm³/mol. The molecule has 0 bridgehead atoms. The molecule has 0 unspecified atom stereocenters. The predicted octanol–water partition coefficient (Wildman–Crippen LogP) is 4.91. The summed E-state index contributed by atoms with van der Waals surface area (Å²) < 4.78 is 0. The summed E-state index contributed by atoms with van der Waals surface area (Å²) in [6.07, 6.45) is 2.37. The fourth-order valence-corrected chi connectivity index (χ4v) is 2.44. The monoisotopic (exact) mass is 250 g/mol. The summed E-state index contributed by atoms with van der Waals surface area (Å²) in [7, 11) is 0. The third-order valence-electron chi connectivity index (χ3n) is 3.54. The van der Waals surface area contributed by atoms with Gasteiger partial charge in [0.25, 0.3) is 0 Å². The Kier molecular flexibility index (Phi) is 4.30. The molecule has 104 valence electrons. The maximum atomic E-state index is 4.91. The quantitative estimate of drug-likeness (QED) is 0.808. The highest BCUT2D eigenvalue weighted by molar-refractivity contribution is 5.29. The third kappa shape index (κ3) is 3.15. The van der Waals surface area contributed by atoms with Crippen molar-refractivity contribution >= 4 is 0 Å². The van der Waals surface area contributed by atoms with Gasteiger partial charge in [-0.1, -0.05) is 61.8 Å². The van der Waals surface area contributed by atoms with E-state index in [0.29, 0.717) is 5.92 Å². The number of aromatic nitrogens is 2. The molecule has 1 aromatic heterocycles. The first-order valence-corrected chi connectivity index (χ1v) is 7.20. The topological polar surface area (TPSA) is 28.7 Å². The van der Waals surface area contributed by atoms with Gasteiger partial charge in [-0.25, -0.2) is 4.98 Å². The van der Waals surface area contributed by atoms with Gasteiger partial charge >= 0.3 is 0 Å². The van der Waals surface area contributed by atoms with Gasteiger partial charge in [0.05, 0.1) is 5.69 Å². The van der Waals surface area contributed by atoms with Crippen LogP contribution in [0.3, 0.4) is 0 Å². The van der Waals surface area contributed by atoms with E-state index in [0.717, 1.165) is 5.82 Å². The molecular formula is C16H30N2. The van der Waals surface area contributed by atoms with E-state index in [1.807, 2.05) is 0 Å². The molecule has 0 fully saturated rings. The molecule has 0 aliphatic carbocycles. The average Bonchev–Trinajstić information content (AvgIpc) is 2.61. The maximum Gasteiger partial charge on any atom is 0.109 e. The van der Waals surface area contributed by atoms with Crippen molar-refractivity contribution in [2.24, 2.45) is 0 Å². The first-order chi connectivity index (χ1) is 8.09. The van der Waals surface area contributed by atoms with Crippen molar-refractivity contribution in [3.63, 3.8) is 0 Å². The number of nitrogens with zero attached hydrogens (tertiary/aromatic N) is 1. The molecule has 1 heterocycles. The second-order valence-corrected chi connectivity index (χ2v) is 7.38. The number of rotatable bonds is 4. The van der Waals surface area contributed by atoms with E-state index in [1.165, 1.54) is 24.2 Å². The molecule has 1 N–H and O–H groups in total. The minimum absolute atomic E-state index is 0.125. The Labute approximate surface area is 113 Å². The molecule has 2 nitrogen and oxygen atoms in total. The second-order valence-electron chi connectivity index (χ2n) is 7.38. The summed E-state index contributed by atoms with van der Waals surface area (Å²) in [5.41, 5.74) is 2.85. The lowest BCUT2D eigenvalue weighted by molar-refractivity contribution is 0.441. The van der Waals surface area contributed by atoms with E-state index in [-0.39, 0.29) is 10.8 Å². The summed E-state index contributed by atoms with van der Waals surface area (Å²) in [6.45, 7) is 18.0. The summed E-state index contributed by atoms with van der Waals surface area (Å²) >= 11 is 0. The van der Waals surface area contributed by atoms with Gasteiger partial charge in [0.2, 0.25) is 0 Å². The van der Waals surface area contributed by atoms with Gasteiger partial charge in [0, 0.05) is 22.4 Å². The summed E-state index contributed by atoms with van der Waals surface area (Å²) in [4.78, 5) is 8.49. The smallest absolute Gasteiger partial charge is 0.109 e. The minimum atomic E-state index is 0.125. The third-order valence-corrected chi connectivity index (χ3v) is 3.54. The lowest BCUT2D eigenvalue weighted by atomic mass is 9.78. The van der Waals surface area contributed by atoms with Gasteiger partial charge < -0.3 is 4.98 Å². The van der Waals surface area contributed by atoms with E-state index in [9.17, 15) is 0 Å². The fraction of sp³-hybridized carbons (Fsp3) is 0.812. The van der Waals surface area contributed by atoms with Crippen molar-refractivity contribution in [1.82, 2.24) is 9.97 Å². The summed E-state index contributed by atoms with van der Waals surface area (Å²) in [5, 5.41) is 0. The molecular weight excluding hydrogens is 220 g/mol. The molecule has 18 heavy (non-hydrogen) atoms. The Morgan fingerprint density at radius 2 is 1.67 bits per heavy atom. The summed E-state index contributed by atoms with van der Waals surface area (Å²) in [5.74, 6) is 1.58.